The summed E-state index contributed by atoms with van der Waals surface area (Å²) in [5.74, 6) is 0.0724. The van der Waals surface area contributed by atoms with E-state index < -0.39 is 12.0 Å². The second-order valence-corrected chi connectivity index (χ2v) is 5.18. The lowest BCUT2D eigenvalue weighted by molar-refractivity contribution is -0.146. The Bertz CT molecular complexity index is 485. The number of methoxy groups -OCH3 is 1. The zero-order valence-corrected chi connectivity index (χ0v) is 13.0. The number of nitrogens with one attached hydrogen (secondary N) is 1. The Labute approximate surface area is 125 Å². The maximum Gasteiger partial charge on any atom is 0.328 e. The van der Waals surface area contributed by atoms with Crippen molar-refractivity contribution in [3.63, 3.8) is 0 Å². The third kappa shape index (κ3) is 5.45. The zero-order chi connectivity index (χ0) is 15.8. The minimum absolute atomic E-state index is 0.0290. The predicted molar refractivity (Wildman–Crippen MR) is 80.1 cm³/mol. The summed E-state index contributed by atoms with van der Waals surface area (Å²) in [5.41, 5.74) is 1.02. The van der Waals surface area contributed by atoms with Crippen LogP contribution in [0.5, 0.6) is 5.75 Å². The van der Waals surface area contributed by atoms with E-state index in [1.165, 1.54) is 7.11 Å². The van der Waals surface area contributed by atoms with Crippen LogP contribution in [-0.2, 0) is 14.3 Å². The van der Waals surface area contributed by atoms with Crippen molar-refractivity contribution in [3.05, 3.63) is 29.8 Å². The van der Waals surface area contributed by atoms with Crippen molar-refractivity contribution in [2.75, 3.05) is 13.7 Å². The highest BCUT2D eigenvalue weighted by atomic mass is 16.5. The number of benzene rings is 1. The van der Waals surface area contributed by atoms with Crippen LogP contribution in [0.15, 0.2) is 24.3 Å². The second kappa shape index (κ2) is 8.29. The molecule has 21 heavy (non-hydrogen) atoms. The molecule has 0 radical (unpaired) electrons. The first-order valence-corrected chi connectivity index (χ1v) is 7.01. The lowest BCUT2D eigenvalue weighted by Gasteiger charge is -2.19. The highest BCUT2D eigenvalue weighted by molar-refractivity contribution is 5.84. The van der Waals surface area contributed by atoms with Gasteiger partial charge in [0.1, 0.15) is 11.8 Å². The molecule has 0 aliphatic heterocycles. The Hall–Kier alpha value is -2.04. The SMILES string of the molecule is COC(=O)C(NC(=O)CCOc1ccccc1C)C(C)C. The number of ether oxygens (including phenoxy) is 2. The smallest absolute Gasteiger partial charge is 0.328 e. The topological polar surface area (TPSA) is 64.6 Å². The van der Waals surface area contributed by atoms with E-state index in [1.54, 1.807) is 0 Å². The first kappa shape index (κ1) is 17.0. The Morgan fingerprint density at radius 3 is 2.48 bits per heavy atom. The molecule has 1 N–H and O–H groups in total. The van der Waals surface area contributed by atoms with Crippen LogP contribution in [0, 0.1) is 12.8 Å². The summed E-state index contributed by atoms with van der Waals surface area (Å²) in [6, 6.07) is 6.99. The first-order valence-electron chi connectivity index (χ1n) is 7.01. The summed E-state index contributed by atoms with van der Waals surface area (Å²) >= 11 is 0. The number of amides is 1. The van der Waals surface area contributed by atoms with Gasteiger partial charge in [0.05, 0.1) is 20.1 Å². The lowest BCUT2D eigenvalue weighted by Crippen LogP contribution is -2.45. The maximum atomic E-state index is 11.9. The van der Waals surface area contributed by atoms with Gasteiger partial charge in [-0.1, -0.05) is 32.0 Å². The zero-order valence-electron chi connectivity index (χ0n) is 13.0. The molecule has 0 bridgehead atoms. The Balaban J connectivity index is 2.43. The molecular formula is C16H23NO4. The largest absolute Gasteiger partial charge is 0.493 e. The van der Waals surface area contributed by atoms with Gasteiger partial charge in [0.2, 0.25) is 5.91 Å². The predicted octanol–water partition coefficient (Wildman–Crippen LogP) is 2.08. The molecule has 0 aromatic heterocycles. The van der Waals surface area contributed by atoms with Crippen molar-refractivity contribution >= 4 is 11.9 Å². The van der Waals surface area contributed by atoms with Crippen LogP contribution in [0.3, 0.4) is 0 Å². The fraction of sp³-hybridized carbons (Fsp3) is 0.500. The minimum atomic E-state index is -0.624. The second-order valence-electron chi connectivity index (χ2n) is 5.18. The molecule has 1 rings (SSSR count). The van der Waals surface area contributed by atoms with Gasteiger partial charge in [0.15, 0.2) is 0 Å². The summed E-state index contributed by atoms with van der Waals surface area (Å²) in [6.45, 7) is 5.92. The van der Waals surface area contributed by atoms with Crippen LogP contribution in [-0.4, -0.2) is 31.6 Å². The Morgan fingerprint density at radius 2 is 1.90 bits per heavy atom. The van der Waals surface area contributed by atoms with Crippen molar-refractivity contribution in [2.24, 2.45) is 5.92 Å². The summed E-state index contributed by atoms with van der Waals surface area (Å²) in [7, 11) is 1.31. The molecule has 1 atom stereocenters. The molecule has 116 valence electrons. The summed E-state index contributed by atoms with van der Waals surface area (Å²) in [6.07, 6.45) is 0.189. The van der Waals surface area contributed by atoms with Crippen molar-refractivity contribution in [2.45, 2.75) is 33.2 Å². The monoisotopic (exact) mass is 293 g/mol. The van der Waals surface area contributed by atoms with Crippen molar-refractivity contribution < 1.29 is 19.1 Å². The number of aryl methyl sites for hydroxylation is 1. The van der Waals surface area contributed by atoms with Crippen molar-refractivity contribution in [1.29, 1.82) is 0 Å². The number of rotatable bonds is 7. The van der Waals surface area contributed by atoms with Gasteiger partial charge in [-0.05, 0) is 24.5 Å². The maximum absolute atomic E-state index is 11.9. The summed E-state index contributed by atoms with van der Waals surface area (Å²) < 4.78 is 10.2. The van der Waals surface area contributed by atoms with E-state index in [0.29, 0.717) is 0 Å². The Morgan fingerprint density at radius 1 is 1.24 bits per heavy atom. The number of para-hydroxylation sites is 1. The summed E-state index contributed by atoms with van der Waals surface area (Å²) in [4.78, 5) is 23.4. The molecule has 0 saturated carbocycles. The fourth-order valence-electron chi connectivity index (χ4n) is 1.84. The molecule has 0 spiro atoms. The van der Waals surface area contributed by atoms with Crippen LogP contribution < -0.4 is 10.1 Å². The molecule has 0 aliphatic rings. The molecule has 0 aliphatic carbocycles. The van der Waals surface area contributed by atoms with Gasteiger partial charge in [-0.25, -0.2) is 4.79 Å². The molecule has 5 nitrogen and oxygen atoms in total. The number of esters is 1. The van der Waals surface area contributed by atoms with Gasteiger partial charge in [-0.3, -0.25) is 4.79 Å². The minimum Gasteiger partial charge on any atom is -0.493 e. The van der Waals surface area contributed by atoms with E-state index in [1.807, 2.05) is 45.0 Å². The van der Waals surface area contributed by atoms with Gasteiger partial charge < -0.3 is 14.8 Å². The van der Waals surface area contributed by atoms with E-state index in [2.05, 4.69) is 10.1 Å². The molecular weight excluding hydrogens is 270 g/mol. The van der Waals surface area contributed by atoms with E-state index in [-0.39, 0.29) is 24.9 Å². The van der Waals surface area contributed by atoms with E-state index in [9.17, 15) is 9.59 Å². The molecule has 1 unspecified atom stereocenters. The fourth-order valence-corrected chi connectivity index (χ4v) is 1.84. The van der Waals surface area contributed by atoms with Crippen molar-refractivity contribution in [1.82, 2.24) is 5.32 Å². The number of hydrogen-bond donors (Lipinski definition) is 1. The highest BCUT2D eigenvalue weighted by Gasteiger charge is 2.24. The Kier molecular flexibility index (Phi) is 6.72. The van der Waals surface area contributed by atoms with Crippen LogP contribution in [0.4, 0.5) is 0 Å². The highest BCUT2D eigenvalue weighted by Crippen LogP contribution is 2.16. The average molecular weight is 293 g/mol. The third-order valence-corrected chi connectivity index (χ3v) is 3.12. The number of hydrogen-bond acceptors (Lipinski definition) is 4. The normalized spacial score (nSPS) is 11.9. The molecule has 0 heterocycles. The molecule has 1 aromatic rings. The molecule has 1 amide bonds. The molecule has 1 aromatic carbocycles. The van der Waals surface area contributed by atoms with Gasteiger partial charge in [-0.15, -0.1) is 0 Å². The van der Waals surface area contributed by atoms with Crippen LogP contribution >= 0.6 is 0 Å². The number of carbonyl (C=O) groups excluding carboxylic acids is 2. The average Bonchev–Trinajstić information content (AvgIpc) is 2.45. The molecule has 0 fully saturated rings. The third-order valence-electron chi connectivity index (χ3n) is 3.12. The molecule has 5 heteroatoms. The number of carbonyl (C=O) groups is 2. The summed E-state index contributed by atoms with van der Waals surface area (Å²) in [5, 5.41) is 2.67. The first-order chi connectivity index (χ1) is 9.95. The van der Waals surface area contributed by atoms with Crippen molar-refractivity contribution in [3.8, 4) is 5.75 Å². The standard InChI is InChI=1S/C16H23NO4/c1-11(2)15(16(19)20-4)17-14(18)9-10-21-13-8-6-5-7-12(13)3/h5-8,11,15H,9-10H2,1-4H3,(H,17,18). The van der Waals surface area contributed by atoms with E-state index in [0.717, 1.165) is 11.3 Å². The van der Waals surface area contributed by atoms with Gasteiger partial charge in [0.25, 0.3) is 0 Å². The molecule has 0 saturated heterocycles. The van der Waals surface area contributed by atoms with Gasteiger partial charge >= 0.3 is 5.97 Å². The van der Waals surface area contributed by atoms with Crippen LogP contribution in [0.1, 0.15) is 25.8 Å². The van der Waals surface area contributed by atoms with Crippen LogP contribution in [0.25, 0.3) is 0 Å². The van der Waals surface area contributed by atoms with Gasteiger partial charge in [0, 0.05) is 0 Å². The van der Waals surface area contributed by atoms with Crippen LogP contribution in [0.2, 0.25) is 0 Å². The van der Waals surface area contributed by atoms with E-state index in [4.69, 9.17) is 4.74 Å². The van der Waals surface area contributed by atoms with E-state index >= 15 is 0 Å². The lowest BCUT2D eigenvalue weighted by atomic mass is 10.0. The van der Waals surface area contributed by atoms with Gasteiger partial charge in [-0.2, -0.15) is 0 Å². The quantitative estimate of drug-likeness (QED) is 0.782.